The minimum absolute atomic E-state index is 0.00241. The second-order valence-electron chi connectivity index (χ2n) is 6.32. The topological polar surface area (TPSA) is 88.0 Å². The summed E-state index contributed by atoms with van der Waals surface area (Å²) < 4.78 is 5.78. The van der Waals surface area contributed by atoms with Crippen LogP contribution in [0.2, 0.25) is 0 Å². The van der Waals surface area contributed by atoms with Gasteiger partial charge in [0.25, 0.3) is 11.6 Å². The normalized spacial score (nSPS) is 13.7. The molecule has 8 nitrogen and oxygen atoms in total. The highest BCUT2D eigenvalue weighted by molar-refractivity contribution is 9.10. The summed E-state index contributed by atoms with van der Waals surface area (Å²) in [5, 5.41) is 14.5. The number of thiocarbonyl (C=S) groups is 1. The van der Waals surface area contributed by atoms with Crippen molar-refractivity contribution in [2.75, 3.05) is 38.2 Å². The van der Waals surface area contributed by atoms with Crippen molar-refractivity contribution in [1.29, 1.82) is 0 Å². The smallest absolute Gasteiger partial charge is 0.296 e. The van der Waals surface area contributed by atoms with E-state index in [9.17, 15) is 14.9 Å². The number of nitrogens with one attached hydrogen (secondary N) is 1. The number of hydrogen-bond acceptors (Lipinski definition) is 6. The molecule has 0 spiro atoms. The zero-order valence-electron chi connectivity index (χ0n) is 15.6. The monoisotopic (exact) mass is 478 g/mol. The summed E-state index contributed by atoms with van der Waals surface area (Å²) in [5.41, 5.74) is 1.04. The first-order valence-electron chi connectivity index (χ1n) is 8.83. The van der Waals surface area contributed by atoms with Crippen LogP contribution in [-0.4, -0.2) is 54.1 Å². The third-order valence-corrected chi connectivity index (χ3v) is 5.68. The van der Waals surface area contributed by atoms with Gasteiger partial charge >= 0.3 is 0 Å². The second kappa shape index (κ2) is 9.19. The zero-order chi connectivity index (χ0) is 21.0. The second-order valence-corrected chi connectivity index (χ2v) is 7.57. The van der Waals surface area contributed by atoms with Crippen LogP contribution in [0.5, 0.6) is 5.75 Å². The quantitative estimate of drug-likeness (QED) is 0.410. The lowest BCUT2D eigenvalue weighted by Gasteiger charge is -2.37. The summed E-state index contributed by atoms with van der Waals surface area (Å²) in [6, 6.07) is 11.9. The van der Waals surface area contributed by atoms with Gasteiger partial charge in [0.2, 0.25) is 0 Å². The molecule has 1 aliphatic heterocycles. The summed E-state index contributed by atoms with van der Waals surface area (Å²) >= 11 is 8.74. The number of halogens is 1. The van der Waals surface area contributed by atoms with Gasteiger partial charge < -0.3 is 14.5 Å². The highest BCUT2D eigenvalue weighted by Crippen LogP contribution is 2.32. The standard InChI is InChI=1S/C19H19BrN4O4S/c1-28-13-6-7-16(17(12-13)24(26)27)22-8-10-23(11-9-22)19(29)21-18(25)14-4-2-3-5-15(14)20/h2-7,12H,8-11H2,1H3,(H,21,25,29). The van der Waals surface area contributed by atoms with E-state index in [1.807, 2.05) is 15.9 Å². The minimum Gasteiger partial charge on any atom is -0.496 e. The highest BCUT2D eigenvalue weighted by atomic mass is 79.9. The number of piperazine rings is 1. The molecule has 1 N–H and O–H groups in total. The highest BCUT2D eigenvalue weighted by Gasteiger charge is 2.26. The SMILES string of the molecule is COc1ccc(N2CCN(C(=S)NC(=O)c3ccccc3Br)CC2)c([N+](=O)[O-])c1. The third-order valence-electron chi connectivity index (χ3n) is 4.63. The van der Waals surface area contributed by atoms with Gasteiger partial charge in [-0.2, -0.15) is 0 Å². The van der Waals surface area contributed by atoms with Gasteiger partial charge in [-0.1, -0.05) is 12.1 Å². The van der Waals surface area contributed by atoms with Crippen molar-refractivity contribution in [3.05, 3.63) is 62.6 Å². The number of carbonyl (C=O) groups is 1. The summed E-state index contributed by atoms with van der Waals surface area (Å²) in [6.45, 7) is 2.16. The van der Waals surface area contributed by atoms with Crippen molar-refractivity contribution in [1.82, 2.24) is 10.2 Å². The van der Waals surface area contributed by atoms with E-state index in [0.717, 1.165) is 0 Å². The number of carbonyl (C=O) groups excluding carboxylic acids is 1. The van der Waals surface area contributed by atoms with Crippen molar-refractivity contribution in [2.24, 2.45) is 0 Å². The van der Waals surface area contributed by atoms with Crippen molar-refractivity contribution < 1.29 is 14.5 Å². The van der Waals surface area contributed by atoms with E-state index in [-0.39, 0.29) is 11.6 Å². The number of benzene rings is 2. The van der Waals surface area contributed by atoms with E-state index < -0.39 is 4.92 Å². The van der Waals surface area contributed by atoms with Gasteiger partial charge in [0.1, 0.15) is 11.4 Å². The molecule has 0 bridgehead atoms. The molecular weight excluding hydrogens is 460 g/mol. The predicted molar refractivity (Wildman–Crippen MR) is 118 cm³/mol. The molecule has 2 aromatic carbocycles. The van der Waals surface area contributed by atoms with E-state index in [4.69, 9.17) is 17.0 Å². The van der Waals surface area contributed by atoms with E-state index >= 15 is 0 Å². The number of nitrogens with zero attached hydrogens (tertiary/aromatic N) is 3. The fourth-order valence-corrected chi connectivity index (χ4v) is 3.82. The van der Waals surface area contributed by atoms with Crippen molar-refractivity contribution in [3.63, 3.8) is 0 Å². The Labute approximate surface area is 181 Å². The van der Waals surface area contributed by atoms with Gasteiger partial charge in [0.05, 0.1) is 23.7 Å². The molecule has 1 fully saturated rings. The molecule has 10 heteroatoms. The minimum atomic E-state index is -0.410. The maximum atomic E-state index is 12.4. The first kappa shape index (κ1) is 21.0. The van der Waals surface area contributed by atoms with E-state index in [1.54, 1.807) is 30.3 Å². The molecule has 1 heterocycles. The number of amides is 1. The van der Waals surface area contributed by atoms with E-state index in [0.29, 0.717) is 52.8 Å². The van der Waals surface area contributed by atoms with Crippen LogP contribution in [0.1, 0.15) is 10.4 Å². The zero-order valence-corrected chi connectivity index (χ0v) is 18.0. The van der Waals surface area contributed by atoms with Crippen LogP contribution >= 0.6 is 28.1 Å². The Hall–Kier alpha value is -2.72. The van der Waals surface area contributed by atoms with Gasteiger partial charge in [0, 0.05) is 30.7 Å². The summed E-state index contributed by atoms with van der Waals surface area (Å²) in [5.74, 6) is 0.158. The molecular formula is C19H19BrN4O4S. The van der Waals surface area contributed by atoms with Crippen molar-refractivity contribution in [3.8, 4) is 5.75 Å². The summed E-state index contributed by atoms with van der Waals surface area (Å²) in [6.07, 6.45) is 0. The fraction of sp³-hybridized carbons (Fsp3) is 0.263. The van der Waals surface area contributed by atoms with Crippen molar-refractivity contribution in [2.45, 2.75) is 0 Å². The fourth-order valence-electron chi connectivity index (χ4n) is 3.08. The largest absolute Gasteiger partial charge is 0.496 e. The lowest BCUT2D eigenvalue weighted by atomic mass is 10.2. The number of methoxy groups -OCH3 is 1. The van der Waals surface area contributed by atoms with Crippen molar-refractivity contribution >= 4 is 50.5 Å². The Bertz CT molecular complexity index is 948. The molecule has 1 aliphatic rings. The van der Waals surface area contributed by atoms with E-state index in [2.05, 4.69) is 21.2 Å². The van der Waals surface area contributed by atoms with Gasteiger partial charge in [-0.05, 0) is 52.4 Å². The Morgan fingerprint density at radius 2 is 1.90 bits per heavy atom. The van der Waals surface area contributed by atoms with Crippen LogP contribution in [-0.2, 0) is 0 Å². The molecule has 1 amide bonds. The Morgan fingerprint density at radius 1 is 1.21 bits per heavy atom. The third kappa shape index (κ3) is 4.83. The predicted octanol–water partition coefficient (Wildman–Crippen LogP) is 3.20. The van der Waals surface area contributed by atoms with Crippen LogP contribution in [0.4, 0.5) is 11.4 Å². The molecule has 29 heavy (non-hydrogen) atoms. The van der Waals surface area contributed by atoms with Crippen LogP contribution in [0.3, 0.4) is 0 Å². The van der Waals surface area contributed by atoms with Gasteiger partial charge in [0.15, 0.2) is 5.11 Å². The Balaban J connectivity index is 1.63. The number of hydrogen-bond donors (Lipinski definition) is 1. The number of nitro benzene ring substituents is 1. The average molecular weight is 479 g/mol. The molecule has 1 saturated heterocycles. The van der Waals surface area contributed by atoms with Crippen LogP contribution in [0.15, 0.2) is 46.9 Å². The van der Waals surface area contributed by atoms with Crippen LogP contribution < -0.4 is 15.0 Å². The molecule has 3 rings (SSSR count). The van der Waals surface area contributed by atoms with E-state index in [1.165, 1.54) is 13.2 Å². The number of nitro groups is 1. The van der Waals surface area contributed by atoms with Crippen LogP contribution in [0.25, 0.3) is 0 Å². The average Bonchev–Trinajstić information content (AvgIpc) is 2.73. The number of ether oxygens (including phenoxy) is 1. The summed E-state index contributed by atoms with van der Waals surface area (Å²) in [7, 11) is 1.47. The molecule has 2 aromatic rings. The maximum Gasteiger partial charge on any atom is 0.296 e. The van der Waals surface area contributed by atoms with Gasteiger partial charge in [-0.3, -0.25) is 20.2 Å². The summed E-state index contributed by atoms with van der Waals surface area (Å²) in [4.78, 5) is 27.3. The molecule has 0 aromatic heterocycles. The molecule has 0 radical (unpaired) electrons. The first-order chi connectivity index (χ1) is 13.9. The molecule has 0 atom stereocenters. The van der Waals surface area contributed by atoms with Gasteiger partial charge in [-0.15, -0.1) is 0 Å². The first-order valence-corrected chi connectivity index (χ1v) is 10.0. The van der Waals surface area contributed by atoms with Gasteiger partial charge in [-0.25, -0.2) is 0 Å². The molecule has 0 unspecified atom stereocenters. The Kier molecular flexibility index (Phi) is 6.65. The molecule has 0 aliphatic carbocycles. The number of anilines is 1. The Morgan fingerprint density at radius 3 is 2.52 bits per heavy atom. The molecule has 0 saturated carbocycles. The lowest BCUT2D eigenvalue weighted by molar-refractivity contribution is -0.384. The lowest BCUT2D eigenvalue weighted by Crippen LogP contribution is -2.52. The maximum absolute atomic E-state index is 12.4. The number of rotatable bonds is 4. The van der Waals surface area contributed by atoms with Crippen LogP contribution in [0, 0.1) is 10.1 Å². The molecule has 152 valence electrons.